The summed E-state index contributed by atoms with van der Waals surface area (Å²) in [5, 5.41) is 11.6. The van der Waals surface area contributed by atoms with E-state index in [2.05, 4.69) is 5.32 Å². The van der Waals surface area contributed by atoms with Crippen molar-refractivity contribution in [1.29, 1.82) is 0 Å². The van der Waals surface area contributed by atoms with Crippen LogP contribution in [0.25, 0.3) is 0 Å². The third-order valence-electron chi connectivity index (χ3n) is 3.60. The van der Waals surface area contributed by atoms with Crippen molar-refractivity contribution in [2.75, 3.05) is 30.3 Å². The van der Waals surface area contributed by atoms with Gasteiger partial charge in [0.25, 0.3) is 5.91 Å². The molecule has 2 rings (SSSR count). The molecule has 146 valence electrons. The molecule has 0 radical (unpaired) electrons. The van der Waals surface area contributed by atoms with E-state index in [0.717, 1.165) is 6.26 Å². The number of benzene rings is 2. The zero-order chi connectivity index (χ0) is 19.9. The van der Waals surface area contributed by atoms with Gasteiger partial charge < -0.3 is 15.2 Å². The molecule has 2 aromatic rings. The SMILES string of the molecule is CS(=O)(=O)N(Cc1ccccc1Cl)c1ccc(OCC(=O)NCCO)cc1. The van der Waals surface area contributed by atoms with E-state index in [4.69, 9.17) is 21.4 Å². The molecule has 27 heavy (non-hydrogen) atoms. The number of halogens is 1. The topological polar surface area (TPSA) is 95.9 Å². The Morgan fingerprint density at radius 1 is 1.19 bits per heavy atom. The van der Waals surface area contributed by atoms with Gasteiger partial charge in [-0.05, 0) is 35.9 Å². The molecule has 0 saturated carbocycles. The number of carbonyl (C=O) groups excluding carboxylic acids is 1. The monoisotopic (exact) mass is 412 g/mol. The zero-order valence-electron chi connectivity index (χ0n) is 14.8. The molecule has 2 N–H and O–H groups in total. The van der Waals surface area contributed by atoms with Gasteiger partial charge in [0.2, 0.25) is 10.0 Å². The van der Waals surface area contributed by atoms with Crippen molar-refractivity contribution < 1.29 is 23.1 Å². The summed E-state index contributed by atoms with van der Waals surface area (Å²) in [5.74, 6) is 0.0636. The van der Waals surface area contributed by atoms with Gasteiger partial charge in [-0.25, -0.2) is 8.42 Å². The van der Waals surface area contributed by atoms with E-state index in [1.807, 2.05) is 0 Å². The lowest BCUT2D eigenvalue weighted by atomic mass is 10.2. The van der Waals surface area contributed by atoms with Crippen LogP contribution in [0.2, 0.25) is 5.02 Å². The lowest BCUT2D eigenvalue weighted by molar-refractivity contribution is -0.123. The first-order valence-corrected chi connectivity index (χ1v) is 10.4. The molecule has 0 fully saturated rings. The molecule has 0 spiro atoms. The van der Waals surface area contributed by atoms with Crippen LogP contribution in [-0.2, 0) is 21.4 Å². The first-order chi connectivity index (χ1) is 12.8. The second-order valence-corrected chi connectivity index (χ2v) is 8.03. The van der Waals surface area contributed by atoms with E-state index in [0.29, 0.717) is 22.0 Å². The van der Waals surface area contributed by atoms with Crippen molar-refractivity contribution in [3.8, 4) is 5.75 Å². The van der Waals surface area contributed by atoms with Crippen LogP contribution >= 0.6 is 11.6 Å². The second kappa shape index (κ2) is 9.59. The number of nitrogens with one attached hydrogen (secondary N) is 1. The Labute approximate surface area is 163 Å². The van der Waals surface area contributed by atoms with Crippen LogP contribution in [0, 0.1) is 0 Å². The lowest BCUT2D eigenvalue weighted by Gasteiger charge is -2.23. The number of aliphatic hydroxyl groups excluding tert-OH is 1. The Balaban J connectivity index is 2.11. The Kier molecular flexibility index (Phi) is 7.46. The number of aliphatic hydroxyl groups is 1. The summed E-state index contributed by atoms with van der Waals surface area (Å²) in [4.78, 5) is 11.5. The number of ether oxygens (including phenoxy) is 1. The third kappa shape index (κ3) is 6.42. The van der Waals surface area contributed by atoms with Crippen molar-refractivity contribution in [1.82, 2.24) is 5.32 Å². The van der Waals surface area contributed by atoms with Crippen LogP contribution in [0.1, 0.15) is 5.56 Å². The second-order valence-electron chi connectivity index (χ2n) is 5.72. The van der Waals surface area contributed by atoms with Crippen LogP contribution in [0.3, 0.4) is 0 Å². The molecule has 0 saturated heterocycles. The number of nitrogens with zero attached hydrogens (tertiary/aromatic N) is 1. The lowest BCUT2D eigenvalue weighted by Crippen LogP contribution is -2.31. The van der Waals surface area contributed by atoms with Gasteiger partial charge in [-0.3, -0.25) is 9.10 Å². The van der Waals surface area contributed by atoms with Gasteiger partial charge in [-0.2, -0.15) is 0 Å². The average Bonchev–Trinajstić information content (AvgIpc) is 2.63. The Hall–Kier alpha value is -2.29. The van der Waals surface area contributed by atoms with Gasteiger partial charge in [0, 0.05) is 11.6 Å². The molecule has 0 aliphatic heterocycles. The normalized spacial score (nSPS) is 11.1. The number of anilines is 1. The number of amides is 1. The van der Waals surface area contributed by atoms with Gasteiger partial charge in [0.1, 0.15) is 5.75 Å². The first kappa shape index (κ1) is 21.0. The molecule has 0 bridgehead atoms. The summed E-state index contributed by atoms with van der Waals surface area (Å²) >= 11 is 6.14. The van der Waals surface area contributed by atoms with Crippen molar-refractivity contribution in [2.24, 2.45) is 0 Å². The van der Waals surface area contributed by atoms with Gasteiger partial charge in [0.15, 0.2) is 6.61 Å². The van der Waals surface area contributed by atoms with E-state index >= 15 is 0 Å². The highest BCUT2D eigenvalue weighted by Crippen LogP contribution is 2.26. The minimum atomic E-state index is -3.54. The predicted octanol–water partition coefficient (Wildman–Crippen LogP) is 1.79. The highest BCUT2D eigenvalue weighted by molar-refractivity contribution is 7.92. The first-order valence-electron chi connectivity index (χ1n) is 8.13. The van der Waals surface area contributed by atoms with E-state index in [-0.39, 0.29) is 32.2 Å². The van der Waals surface area contributed by atoms with Crippen LogP contribution in [-0.4, -0.2) is 45.4 Å². The summed E-state index contributed by atoms with van der Waals surface area (Å²) in [6.45, 7) is -0.0866. The number of hydrogen-bond donors (Lipinski definition) is 2. The summed E-state index contributed by atoms with van der Waals surface area (Å²) in [7, 11) is -3.54. The molecule has 1 amide bonds. The van der Waals surface area contributed by atoms with Gasteiger partial charge >= 0.3 is 0 Å². The molecule has 0 atom stereocenters. The van der Waals surface area contributed by atoms with Crippen LogP contribution < -0.4 is 14.4 Å². The fourth-order valence-electron chi connectivity index (χ4n) is 2.29. The maximum atomic E-state index is 12.2. The number of carbonyl (C=O) groups is 1. The molecule has 7 nitrogen and oxygen atoms in total. The Morgan fingerprint density at radius 2 is 1.85 bits per heavy atom. The van der Waals surface area contributed by atoms with Crippen LogP contribution in [0.4, 0.5) is 5.69 Å². The molecule has 0 unspecified atom stereocenters. The third-order valence-corrected chi connectivity index (χ3v) is 5.11. The maximum absolute atomic E-state index is 12.2. The fourth-order valence-corrected chi connectivity index (χ4v) is 3.36. The highest BCUT2D eigenvalue weighted by Gasteiger charge is 2.19. The Bertz CT molecular complexity index is 872. The molecule has 2 aromatic carbocycles. The minimum absolute atomic E-state index is 0.0995. The molecular weight excluding hydrogens is 392 g/mol. The van der Waals surface area contributed by atoms with E-state index < -0.39 is 10.0 Å². The van der Waals surface area contributed by atoms with Crippen molar-refractivity contribution in [3.63, 3.8) is 0 Å². The average molecular weight is 413 g/mol. The summed E-state index contributed by atoms with van der Waals surface area (Å²) in [6.07, 6.45) is 1.12. The van der Waals surface area contributed by atoms with Crippen molar-refractivity contribution >= 4 is 33.2 Å². The smallest absolute Gasteiger partial charge is 0.258 e. The van der Waals surface area contributed by atoms with Crippen molar-refractivity contribution in [3.05, 3.63) is 59.1 Å². The van der Waals surface area contributed by atoms with E-state index in [1.54, 1.807) is 48.5 Å². The number of sulfonamides is 1. The van der Waals surface area contributed by atoms with E-state index in [1.165, 1.54) is 4.31 Å². The molecule has 0 aromatic heterocycles. The fraction of sp³-hybridized carbons (Fsp3) is 0.278. The molecule has 0 heterocycles. The van der Waals surface area contributed by atoms with Crippen LogP contribution in [0.15, 0.2) is 48.5 Å². The molecule has 9 heteroatoms. The molecular formula is C18H21ClN2O5S. The Morgan fingerprint density at radius 3 is 2.44 bits per heavy atom. The highest BCUT2D eigenvalue weighted by atomic mass is 35.5. The van der Waals surface area contributed by atoms with Crippen molar-refractivity contribution in [2.45, 2.75) is 6.54 Å². The van der Waals surface area contributed by atoms with E-state index in [9.17, 15) is 13.2 Å². The summed E-state index contributed by atoms with van der Waals surface area (Å²) < 4.78 is 31.0. The molecule has 0 aliphatic carbocycles. The largest absolute Gasteiger partial charge is 0.484 e. The summed E-state index contributed by atoms with van der Waals surface area (Å²) in [6, 6.07) is 13.4. The van der Waals surface area contributed by atoms with Gasteiger partial charge in [0.05, 0.1) is 25.1 Å². The quantitative estimate of drug-likeness (QED) is 0.654. The minimum Gasteiger partial charge on any atom is -0.484 e. The van der Waals surface area contributed by atoms with Gasteiger partial charge in [-0.15, -0.1) is 0 Å². The predicted molar refractivity (Wildman–Crippen MR) is 105 cm³/mol. The van der Waals surface area contributed by atoms with Gasteiger partial charge in [-0.1, -0.05) is 29.8 Å². The number of rotatable bonds is 9. The standard InChI is InChI=1S/C18H21ClN2O5S/c1-27(24,25)21(12-14-4-2-3-5-17(14)19)15-6-8-16(9-7-15)26-13-18(23)20-10-11-22/h2-9,22H,10-13H2,1H3,(H,20,23). The van der Waals surface area contributed by atoms with Crippen LogP contribution in [0.5, 0.6) is 5.75 Å². The summed E-state index contributed by atoms with van der Waals surface area (Å²) in [5.41, 5.74) is 1.14. The molecule has 0 aliphatic rings. The number of hydrogen-bond acceptors (Lipinski definition) is 5. The maximum Gasteiger partial charge on any atom is 0.258 e. The zero-order valence-corrected chi connectivity index (χ0v) is 16.3.